The molecule has 6 nitrogen and oxygen atoms in total. The van der Waals surface area contributed by atoms with Crippen molar-refractivity contribution >= 4 is 17.6 Å². The number of ether oxygens (including phenoxy) is 3. The highest BCUT2D eigenvalue weighted by Gasteiger charge is 2.32. The monoisotopic (exact) mass is 360 g/mol. The predicted molar refractivity (Wildman–Crippen MR) is 92.2 cm³/mol. The van der Waals surface area contributed by atoms with Gasteiger partial charge in [-0.3, -0.25) is 0 Å². The topological polar surface area (TPSA) is 60.0 Å². The van der Waals surface area contributed by atoms with E-state index in [0.717, 1.165) is 11.3 Å². The number of halogens is 1. The van der Waals surface area contributed by atoms with Gasteiger partial charge in [-0.25, -0.2) is 4.79 Å². The largest absolute Gasteiger partial charge is 0.485 e. The molecular formula is C18H17ClN2O4. The number of hydrogen-bond donors (Lipinski definition) is 1. The molecule has 0 saturated carbocycles. The van der Waals surface area contributed by atoms with Gasteiger partial charge in [0.1, 0.15) is 11.9 Å². The number of para-hydroxylation sites is 1. The van der Waals surface area contributed by atoms with Gasteiger partial charge in [0.05, 0.1) is 18.1 Å². The van der Waals surface area contributed by atoms with Crippen LogP contribution in [0.3, 0.4) is 0 Å². The summed E-state index contributed by atoms with van der Waals surface area (Å²) >= 11 is 6.07. The maximum absolute atomic E-state index is 12.2. The molecule has 0 bridgehead atoms. The number of rotatable bonds is 4. The van der Waals surface area contributed by atoms with Crippen LogP contribution in [0.1, 0.15) is 5.56 Å². The zero-order valence-electron chi connectivity index (χ0n) is 13.4. The Morgan fingerprint density at radius 2 is 2.00 bits per heavy atom. The molecule has 2 aliphatic rings. The second-order valence-corrected chi connectivity index (χ2v) is 6.33. The number of carbonyl (C=O) groups excluding carboxylic acids is 1. The molecule has 0 atom stereocenters. The normalized spacial score (nSPS) is 15.6. The summed E-state index contributed by atoms with van der Waals surface area (Å²) in [5.74, 6) is 2.09. The zero-order valence-corrected chi connectivity index (χ0v) is 14.2. The Bertz CT molecular complexity index is 792. The maximum Gasteiger partial charge on any atom is 0.317 e. The van der Waals surface area contributed by atoms with Crippen molar-refractivity contribution in [3.8, 4) is 17.2 Å². The summed E-state index contributed by atoms with van der Waals surface area (Å²) in [6.45, 7) is 1.75. The van der Waals surface area contributed by atoms with E-state index in [0.29, 0.717) is 36.2 Å². The van der Waals surface area contributed by atoms with Gasteiger partial charge in [0.25, 0.3) is 0 Å². The van der Waals surface area contributed by atoms with E-state index in [4.69, 9.17) is 25.8 Å². The van der Waals surface area contributed by atoms with Crippen LogP contribution in [0.4, 0.5) is 4.79 Å². The molecule has 2 amide bonds. The molecule has 0 aromatic heterocycles. The fraction of sp³-hybridized carbons (Fsp3) is 0.278. The van der Waals surface area contributed by atoms with Gasteiger partial charge in [-0.1, -0.05) is 29.8 Å². The number of fused-ring (bicyclic) bond motifs is 1. The Balaban J connectivity index is 1.24. The molecule has 0 spiro atoms. The average Bonchev–Trinajstić information content (AvgIpc) is 3.05. The van der Waals surface area contributed by atoms with Crippen molar-refractivity contribution in [2.75, 3.05) is 19.9 Å². The molecule has 0 unspecified atom stereocenters. The van der Waals surface area contributed by atoms with Gasteiger partial charge in [-0.2, -0.15) is 0 Å². The fourth-order valence-corrected chi connectivity index (χ4v) is 2.92. The second-order valence-electron chi connectivity index (χ2n) is 5.92. The van der Waals surface area contributed by atoms with Gasteiger partial charge < -0.3 is 24.4 Å². The van der Waals surface area contributed by atoms with Crippen LogP contribution >= 0.6 is 11.6 Å². The molecular weight excluding hydrogens is 344 g/mol. The van der Waals surface area contributed by atoms with Crippen molar-refractivity contribution in [1.82, 2.24) is 10.2 Å². The Hall–Kier alpha value is -2.60. The average molecular weight is 361 g/mol. The summed E-state index contributed by atoms with van der Waals surface area (Å²) in [6, 6.07) is 12.9. The molecule has 2 aromatic rings. The molecule has 130 valence electrons. The minimum atomic E-state index is -0.114. The number of benzene rings is 2. The summed E-state index contributed by atoms with van der Waals surface area (Å²) in [5, 5.41) is 3.47. The third-order valence-electron chi connectivity index (χ3n) is 4.15. The van der Waals surface area contributed by atoms with Crippen molar-refractivity contribution in [2.24, 2.45) is 0 Å². The van der Waals surface area contributed by atoms with Crippen molar-refractivity contribution in [3.63, 3.8) is 0 Å². The first-order valence-corrected chi connectivity index (χ1v) is 8.39. The molecule has 2 heterocycles. The van der Waals surface area contributed by atoms with E-state index in [9.17, 15) is 4.79 Å². The number of nitrogens with one attached hydrogen (secondary N) is 1. The fourth-order valence-electron chi connectivity index (χ4n) is 2.74. The lowest BCUT2D eigenvalue weighted by Gasteiger charge is -2.38. The highest BCUT2D eigenvalue weighted by atomic mass is 35.5. The van der Waals surface area contributed by atoms with Crippen molar-refractivity contribution in [2.45, 2.75) is 12.6 Å². The van der Waals surface area contributed by atoms with Crippen molar-refractivity contribution in [3.05, 3.63) is 53.1 Å². The maximum atomic E-state index is 12.2. The van der Waals surface area contributed by atoms with Crippen molar-refractivity contribution < 1.29 is 19.0 Å². The number of likely N-dealkylation sites (tertiary alicyclic amines) is 1. The van der Waals surface area contributed by atoms with Gasteiger partial charge in [0.2, 0.25) is 6.79 Å². The molecule has 1 N–H and O–H groups in total. The summed E-state index contributed by atoms with van der Waals surface area (Å²) in [6.07, 6.45) is -0.0313. The first-order valence-electron chi connectivity index (χ1n) is 8.01. The van der Waals surface area contributed by atoms with E-state index in [1.807, 2.05) is 36.4 Å². The van der Waals surface area contributed by atoms with Crippen LogP contribution in [0, 0.1) is 0 Å². The van der Waals surface area contributed by atoms with Crippen LogP contribution in [-0.2, 0) is 6.54 Å². The SMILES string of the molecule is O=C(NCc1ccc2c(c1)OCO2)N1CC(Oc2ccccc2Cl)C1. The Morgan fingerprint density at radius 1 is 1.20 bits per heavy atom. The number of amides is 2. The molecule has 4 rings (SSSR count). The minimum Gasteiger partial charge on any atom is -0.485 e. The first kappa shape index (κ1) is 15.9. The van der Waals surface area contributed by atoms with E-state index < -0.39 is 0 Å². The molecule has 1 saturated heterocycles. The third kappa shape index (κ3) is 3.44. The summed E-state index contributed by atoms with van der Waals surface area (Å²) in [5.41, 5.74) is 0.960. The highest BCUT2D eigenvalue weighted by molar-refractivity contribution is 6.32. The molecule has 0 aliphatic carbocycles. The summed E-state index contributed by atoms with van der Waals surface area (Å²) in [7, 11) is 0. The lowest BCUT2D eigenvalue weighted by Crippen LogP contribution is -2.58. The van der Waals surface area contributed by atoms with E-state index in [-0.39, 0.29) is 18.9 Å². The van der Waals surface area contributed by atoms with Crippen LogP contribution in [0.15, 0.2) is 42.5 Å². The second kappa shape index (κ2) is 6.72. The molecule has 0 radical (unpaired) electrons. The molecule has 2 aromatic carbocycles. The van der Waals surface area contributed by atoms with E-state index in [1.54, 1.807) is 11.0 Å². The van der Waals surface area contributed by atoms with Gasteiger partial charge in [0, 0.05) is 6.54 Å². The van der Waals surface area contributed by atoms with Crippen LogP contribution < -0.4 is 19.5 Å². The van der Waals surface area contributed by atoms with Crippen LogP contribution in [0.5, 0.6) is 17.2 Å². The van der Waals surface area contributed by atoms with Gasteiger partial charge >= 0.3 is 6.03 Å². The van der Waals surface area contributed by atoms with Crippen LogP contribution in [-0.4, -0.2) is 36.9 Å². The van der Waals surface area contributed by atoms with Gasteiger partial charge in [0.15, 0.2) is 11.5 Å². The number of carbonyl (C=O) groups is 1. The number of urea groups is 1. The lowest BCUT2D eigenvalue weighted by molar-refractivity contribution is 0.0444. The highest BCUT2D eigenvalue weighted by Crippen LogP contribution is 2.32. The minimum absolute atomic E-state index is 0.0313. The van der Waals surface area contributed by atoms with Crippen molar-refractivity contribution in [1.29, 1.82) is 0 Å². The van der Waals surface area contributed by atoms with E-state index >= 15 is 0 Å². The van der Waals surface area contributed by atoms with E-state index in [1.165, 1.54) is 0 Å². The van der Waals surface area contributed by atoms with E-state index in [2.05, 4.69) is 5.32 Å². The van der Waals surface area contributed by atoms with Crippen LogP contribution in [0.2, 0.25) is 5.02 Å². The smallest absolute Gasteiger partial charge is 0.317 e. The quantitative estimate of drug-likeness (QED) is 0.910. The first-order chi connectivity index (χ1) is 12.2. The van der Waals surface area contributed by atoms with Gasteiger partial charge in [-0.05, 0) is 29.8 Å². The molecule has 2 aliphatic heterocycles. The van der Waals surface area contributed by atoms with Gasteiger partial charge in [-0.15, -0.1) is 0 Å². The predicted octanol–water partition coefficient (Wildman–Crippen LogP) is 3.04. The Morgan fingerprint density at radius 3 is 2.84 bits per heavy atom. The Kier molecular flexibility index (Phi) is 4.28. The Labute approximate surface area is 150 Å². The standard InChI is InChI=1S/C18H17ClN2O4/c19-14-3-1-2-4-15(14)25-13-9-21(10-13)18(22)20-8-12-5-6-16-17(7-12)24-11-23-16/h1-7,13H,8-11H2,(H,20,22). The number of hydrogen-bond acceptors (Lipinski definition) is 4. The third-order valence-corrected chi connectivity index (χ3v) is 4.46. The lowest BCUT2D eigenvalue weighted by atomic mass is 10.1. The molecule has 7 heteroatoms. The summed E-state index contributed by atoms with van der Waals surface area (Å²) < 4.78 is 16.4. The molecule has 25 heavy (non-hydrogen) atoms. The molecule has 1 fully saturated rings. The summed E-state index contributed by atoms with van der Waals surface area (Å²) in [4.78, 5) is 13.9. The number of nitrogens with zero attached hydrogens (tertiary/aromatic N) is 1. The van der Waals surface area contributed by atoms with Crippen LogP contribution in [0.25, 0.3) is 0 Å². The zero-order chi connectivity index (χ0) is 17.2.